The minimum atomic E-state index is -0.244. The van der Waals surface area contributed by atoms with Crippen LogP contribution in [0.1, 0.15) is 21.6 Å². The summed E-state index contributed by atoms with van der Waals surface area (Å²) in [6.45, 7) is 1.16. The molecule has 0 fully saturated rings. The Bertz CT molecular complexity index is 853. The fraction of sp³-hybridized carbons (Fsp3) is 0.150. The monoisotopic (exact) mass is 366 g/mol. The number of carbonyl (C=O) groups is 1. The zero-order valence-electron chi connectivity index (χ0n) is 14.2. The van der Waals surface area contributed by atoms with Crippen LogP contribution in [-0.4, -0.2) is 22.4 Å². The van der Waals surface area contributed by atoms with Crippen LogP contribution in [0.15, 0.2) is 67.0 Å². The van der Waals surface area contributed by atoms with Crippen molar-refractivity contribution in [3.63, 3.8) is 0 Å². The highest BCUT2D eigenvalue weighted by Gasteiger charge is 2.07. The second kappa shape index (κ2) is 8.97. The molecule has 0 aliphatic rings. The van der Waals surface area contributed by atoms with Crippen LogP contribution >= 0.6 is 11.6 Å². The molecule has 0 radical (unpaired) electrons. The number of halogens is 1. The van der Waals surface area contributed by atoms with Crippen molar-refractivity contribution in [1.82, 2.24) is 15.3 Å². The maximum absolute atomic E-state index is 12.1. The molecule has 0 saturated heterocycles. The van der Waals surface area contributed by atoms with Crippen molar-refractivity contribution in [2.45, 2.75) is 13.0 Å². The number of aromatic nitrogens is 2. The number of nitrogens with one attached hydrogen (secondary N) is 2. The van der Waals surface area contributed by atoms with Crippen LogP contribution in [-0.2, 0) is 13.0 Å². The molecular weight excluding hydrogens is 348 g/mol. The molecule has 26 heavy (non-hydrogen) atoms. The number of nitrogens with zero attached hydrogens (tertiary/aromatic N) is 2. The number of hydrogen-bond acceptors (Lipinski definition) is 4. The topological polar surface area (TPSA) is 66.9 Å². The number of rotatable bonds is 7. The number of benzene rings is 2. The number of anilines is 1. The van der Waals surface area contributed by atoms with E-state index in [0.29, 0.717) is 24.6 Å². The average Bonchev–Trinajstić information content (AvgIpc) is 2.67. The molecule has 132 valence electrons. The highest BCUT2D eigenvalue weighted by Crippen LogP contribution is 2.11. The van der Waals surface area contributed by atoms with E-state index in [1.807, 2.05) is 54.6 Å². The third kappa shape index (κ3) is 5.29. The number of carbonyl (C=O) groups excluding carboxylic acids is 1. The first-order chi connectivity index (χ1) is 12.7. The van der Waals surface area contributed by atoms with E-state index in [1.165, 1.54) is 6.20 Å². The summed E-state index contributed by atoms with van der Waals surface area (Å²) in [5, 5.41) is 6.75. The van der Waals surface area contributed by atoms with Gasteiger partial charge in [-0.1, -0.05) is 54.1 Å². The maximum atomic E-state index is 12.1. The summed E-state index contributed by atoms with van der Waals surface area (Å²) in [6, 6.07) is 17.5. The van der Waals surface area contributed by atoms with Gasteiger partial charge in [0.05, 0.1) is 12.4 Å². The maximum Gasteiger partial charge on any atom is 0.271 e. The molecule has 0 spiro atoms. The smallest absolute Gasteiger partial charge is 0.271 e. The molecule has 0 aliphatic heterocycles. The predicted octanol–water partition coefficient (Wildman–Crippen LogP) is 3.71. The summed E-state index contributed by atoms with van der Waals surface area (Å²) in [4.78, 5) is 20.5. The molecule has 1 amide bonds. The van der Waals surface area contributed by atoms with Gasteiger partial charge < -0.3 is 10.6 Å². The Balaban J connectivity index is 1.47. The molecule has 0 saturated carbocycles. The molecule has 3 rings (SSSR count). The van der Waals surface area contributed by atoms with Gasteiger partial charge in [0.1, 0.15) is 11.5 Å². The Morgan fingerprint density at radius 1 is 0.962 bits per heavy atom. The SMILES string of the molecule is O=C(NCc1ccccc1)c1cnc(NCCc2cccc(Cl)c2)cn1. The zero-order valence-corrected chi connectivity index (χ0v) is 14.9. The van der Waals surface area contributed by atoms with Crippen LogP contribution in [0.25, 0.3) is 0 Å². The van der Waals surface area contributed by atoms with Gasteiger partial charge in [0.15, 0.2) is 0 Å². The first-order valence-electron chi connectivity index (χ1n) is 8.33. The molecule has 5 nitrogen and oxygen atoms in total. The van der Waals surface area contributed by atoms with E-state index in [1.54, 1.807) is 6.20 Å². The fourth-order valence-electron chi connectivity index (χ4n) is 2.43. The Kier molecular flexibility index (Phi) is 6.17. The summed E-state index contributed by atoms with van der Waals surface area (Å²) in [6.07, 6.45) is 3.86. The van der Waals surface area contributed by atoms with Gasteiger partial charge in [-0.25, -0.2) is 9.97 Å². The van der Waals surface area contributed by atoms with Crippen LogP contribution in [0.3, 0.4) is 0 Å². The van der Waals surface area contributed by atoms with Crippen molar-refractivity contribution in [3.05, 3.63) is 88.8 Å². The van der Waals surface area contributed by atoms with Gasteiger partial charge in [-0.15, -0.1) is 0 Å². The molecule has 2 N–H and O–H groups in total. The molecule has 6 heteroatoms. The lowest BCUT2D eigenvalue weighted by molar-refractivity contribution is 0.0945. The van der Waals surface area contributed by atoms with Gasteiger partial charge in [-0.05, 0) is 29.7 Å². The molecule has 0 bridgehead atoms. The van der Waals surface area contributed by atoms with Gasteiger partial charge in [-0.3, -0.25) is 4.79 Å². The molecule has 0 unspecified atom stereocenters. The van der Waals surface area contributed by atoms with Crippen LogP contribution < -0.4 is 10.6 Å². The summed E-state index contributed by atoms with van der Waals surface area (Å²) >= 11 is 5.97. The van der Waals surface area contributed by atoms with Gasteiger partial charge in [0.25, 0.3) is 5.91 Å². The van der Waals surface area contributed by atoms with E-state index >= 15 is 0 Å². The lowest BCUT2D eigenvalue weighted by atomic mass is 10.1. The van der Waals surface area contributed by atoms with E-state index < -0.39 is 0 Å². The van der Waals surface area contributed by atoms with Crippen LogP contribution in [0, 0.1) is 0 Å². The van der Waals surface area contributed by atoms with Gasteiger partial charge >= 0.3 is 0 Å². The van der Waals surface area contributed by atoms with Crippen molar-refractivity contribution in [3.8, 4) is 0 Å². The van der Waals surface area contributed by atoms with Crippen molar-refractivity contribution < 1.29 is 4.79 Å². The fourth-order valence-corrected chi connectivity index (χ4v) is 2.65. The second-order valence-electron chi connectivity index (χ2n) is 5.76. The first-order valence-corrected chi connectivity index (χ1v) is 8.71. The van der Waals surface area contributed by atoms with E-state index in [9.17, 15) is 4.79 Å². The first kappa shape index (κ1) is 17.9. The Morgan fingerprint density at radius 2 is 1.77 bits per heavy atom. The number of hydrogen-bond donors (Lipinski definition) is 2. The average molecular weight is 367 g/mol. The standard InChI is InChI=1S/C20H19ClN4O/c21-17-8-4-7-15(11-17)9-10-22-19-14-23-18(13-24-19)20(26)25-12-16-5-2-1-3-6-16/h1-8,11,13-14H,9-10,12H2,(H,22,24)(H,25,26). The highest BCUT2D eigenvalue weighted by atomic mass is 35.5. The molecule has 2 aromatic carbocycles. The number of amides is 1. The molecule has 0 atom stereocenters. The minimum absolute atomic E-state index is 0.244. The molecule has 3 aromatic rings. The second-order valence-corrected chi connectivity index (χ2v) is 6.20. The lowest BCUT2D eigenvalue weighted by Gasteiger charge is -2.07. The molecular formula is C20H19ClN4O. The molecule has 0 aliphatic carbocycles. The van der Waals surface area contributed by atoms with Gasteiger partial charge in [-0.2, -0.15) is 0 Å². The predicted molar refractivity (Wildman–Crippen MR) is 103 cm³/mol. The minimum Gasteiger partial charge on any atom is -0.368 e. The Hall–Kier alpha value is -2.92. The van der Waals surface area contributed by atoms with Crippen molar-refractivity contribution in [2.24, 2.45) is 0 Å². The van der Waals surface area contributed by atoms with Crippen LogP contribution in [0.5, 0.6) is 0 Å². The van der Waals surface area contributed by atoms with E-state index in [2.05, 4.69) is 20.6 Å². The van der Waals surface area contributed by atoms with Crippen molar-refractivity contribution >= 4 is 23.3 Å². The quantitative estimate of drug-likeness (QED) is 0.668. The van der Waals surface area contributed by atoms with E-state index in [4.69, 9.17) is 11.6 Å². The largest absolute Gasteiger partial charge is 0.368 e. The molecule has 1 heterocycles. The lowest BCUT2D eigenvalue weighted by Crippen LogP contribution is -2.24. The van der Waals surface area contributed by atoms with E-state index in [-0.39, 0.29) is 5.91 Å². The summed E-state index contributed by atoms with van der Waals surface area (Å²) in [7, 11) is 0. The normalized spacial score (nSPS) is 10.3. The summed E-state index contributed by atoms with van der Waals surface area (Å²) in [5.41, 5.74) is 2.48. The summed E-state index contributed by atoms with van der Waals surface area (Å²) in [5.74, 6) is 0.387. The van der Waals surface area contributed by atoms with Gasteiger partial charge in [0, 0.05) is 18.1 Å². The Labute approximate surface area is 157 Å². The van der Waals surface area contributed by atoms with Crippen molar-refractivity contribution in [2.75, 3.05) is 11.9 Å². The van der Waals surface area contributed by atoms with Crippen LogP contribution in [0.2, 0.25) is 5.02 Å². The Morgan fingerprint density at radius 3 is 2.50 bits per heavy atom. The van der Waals surface area contributed by atoms with Crippen LogP contribution in [0.4, 0.5) is 5.82 Å². The summed E-state index contributed by atoms with van der Waals surface area (Å²) < 4.78 is 0. The van der Waals surface area contributed by atoms with Crippen molar-refractivity contribution in [1.29, 1.82) is 0 Å². The third-order valence-corrected chi connectivity index (χ3v) is 4.02. The van der Waals surface area contributed by atoms with E-state index in [0.717, 1.165) is 22.6 Å². The zero-order chi connectivity index (χ0) is 18.2. The highest BCUT2D eigenvalue weighted by molar-refractivity contribution is 6.30. The molecule has 1 aromatic heterocycles. The van der Waals surface area contributed by atoms with Gasteiger partial charge in [0.2, 0.25) is 0 Å². The third-order valence-electron chi connectivity index (χ3n) is 3.79.